The molecule has 1 atom stereocenters. The lowest BCUT2D eigenvalue weighted by Crippen LogP contribution is -2.30. The van der Waals surface area contributed by atoms with Gasteiger partial charge in [0.25, 0.3) is 5.91 Å². The van der Waals surface area contributed by atoms with E-state index in [0.717, 1.165) is 36.4 Å². The number of hydrogen-bond acceptors (Lipinski definition) is 3. The van der Waals surface area contributed by atoms with Gasteiger partial charge in [-0.05, 0) is 49.2 Å². The largest absolute Gasteiger partial charge is 0.351 e. The molecule has 1 amide bonds. The number of hydrogen-bond donors (Lipinski definition) is 2. The average molecular weight is 252 g/mol. The third-order valence-corrected chi connectivity index (χ3v) is 4.23. The van der Waals surface area contributed by atoms with E-state index in [1.165, 1.54) is 24.2 Å². The molecule has 1 aliphatic heterocycles. The van der Waals surface area contributed by atoms with E-state index in [-0.39, 0.29) is 5.91 Å². The second-order valence-electron chi connectivity index (χ2n) is 4.47. The standard InChI is InChI=1S/C13H20N2OS/c1-2-10-6-9-17-12(10)13(16)15-8-5-11-4-3-7-14-11/h6,9,11,14H,2-5,7-8H2,1H3,(H,15,16)/t11-/m1/s1. The lowest BCUT2D eigenvalue weighted by atomic mass is 10.1. The van der Waals surface area contributed by atoms with Crippen molar-refractivity contribution in [3.8, 4) is 0 Å². The summed E-state index contributed by atoms with van der Waals surface area (Å²) < 4.78 is 0. The number of nitrogens with one attached hydrogen (secondary N) is 2. The van der Waals surface area contributed by atoms with Gasteiger partial charge in [-0.3, -0.25) is 4.79 Å². The average Bonchev–Trinajstić information content (AvgIpc) is 2.99. The molecule has 0 bridgehead atoms. The number of aryl methyl sites for hydroxylation is 1. The summed E-state index contributed by atoms with van der Waals surface area (Å²) in [5.74, 6) is 0.0925. The molecule has 0 unspecified atom stereocenters. The quantitative estimate of drug-likeness (QED) is 0.843. The number of thiophene rings is 1. The highest BCUT2D eigenvalue weighted by Gasteiger charge is 2.15. The van der Waals surface area contributed by atoms with E-state index in [2.05, 4.69) is 17.6 Å². The molecule has 1 aromatic heterocycles. The Kier molecular flexibility index (Phi) is 4.57. The molecule has 2 rings (SSSR count). The molecule has 1 saturated heterocycles. The predicted octanol–water partition coefficient (Wildman–Crippen LogP) is 2.18. The molecule has 0 radical (unpaired) electrons. The van der Waals surface area contributed by atoms with Crippen LogP contribution < -0.4 is 10.6 Å². The van der Waals surface area contributed by atoms with Crippen LogP contribution in [-0.2, 0) is 6.42 Å². The lowest BCUT2D eigenvalue weighted by molar-refractivity contribution is 0.0955. The zero-order valence-electron chi connectivity index (χ0n) is 10.3. The first-order valence-corrected chi connectivity index (χ1v) is 7.27. The number of amides is 1. The molecule has 0 aliphatic carbocycles. The van der Waals surface area contributed by atoms with Gasteiger partial charge < -0.3 is 10.6 Å². The van der Waals surface area contributed by atoms with Gasteiger partial charge in [0.1, 0.15) is 0 Å². The fourth-order valence-corrected chi connectivity index (χ4v) is 3.17. The van der Waals surface area contributed by atoms with Gasteiger partial charge in [0.2, 0.25) is 0 Å². The van der Waals surface area contributed by atoms with Crippen LogP contribution in [0.25, 0.3) is 0 Å². The Balaban J connectivity index is 1.77. The Morgan fingerprint density at radius 1 is 1.65 bits per heavy atom. The summed E-state index contributed by atoms with van der Waals surface area (Å²) >= 11 is 1.54. The Hall–Kier alpha value is -0.870. The molecule has 1 aliphatic rings. The van der Waals surface area contributed by atoms with E-state index in [1.54, 1.807) is 0 Å². The second kappa shape index (κ2) is 6.17. The maximum atomic E-state index is 11.9. The van der Waals surface area contributed by atoms with Crippen molar-refractivity contribution in [3.63, 3.8) is 0 Å². The van der Waals surface area contributed by atoms with Crippen molar-refractivity contribution >= 4 is 17.2 Å². The van der Waals surface area contributed by atoms with Crippen LogP contribution in [0.5, 0.6) is 0 Å². The second-order valence-corrected chi connectivity index (χ2v) is 5.38. The minimum absolute atomic E-state index is 0.0925. The van der Waals surface area contributed by atoms with Crippen molar-refractivity contribution in [2.24, 2.45) is 0 Å². The Morgan fingerprint density at radius 2 is 2.53 bits per heavy atom. The summed E-state index contributed by atoms with van der Waals surface area (Å²) in [7, 11) is 0. The molecule has 4 heteroatoms. The first-order valence-electron chi connectivity index (χ1n) is 6.39. The van der Waals surface area contributed by atoms with Crippen LogP contribution in [0.2, 0.25) is 0 Å². The SMILES string of the molecule is CCc1ccsc1C(=O)NCC[C@H]1CCCN1. The van der Waals surface area contributed by atoms with E-state index < -0.39 is 0 Å². The zero-order valence-corrected chi connectivity index (χ0v) is 11.1. The molecule has 0 spiro atoms. The fraction of sp³-hybridized carbons (Fsp3) is 0.615. The molecule has 1 fully saturated rings. The predicted molar refractivity (Wildman–Crippen MR) is 71.7 cm³/mol. The number of rotatable bonds is 5. The summed E-state index contributed by atoms with van der Waals surface area (Å²) in [6, 6.07) is 2.64. The summed E-state index contributed by atoms with van der Waals surface area (Å²) in [6.45, 7) is 3.99. The molecule has 17 heavy (non-hydrogen) atoms. The molecule has 0 saturated carbocycles. The smallest absolute Gasteiger partial charge is 0.261 e. The van der Waals surface area contributed by atoms with Crippen LogP contribution in [0.1, 0.15) is 41.4 Å². The van der Waals surface area contributed by atoms with Crippen LogP contribution in [0.3, 0.4) is 0 Å². The third kappa shape index (κ3) is 3.30. The van der Waals surface area contributed by atoms with Crippen molar-refractivity contribution in [2.75, 3.05) is 13.1 Å². The molecule has 2 heterocycles. The molecule has 0 aromatic carbocycles. The van der Waals surface area contributed by atoms with Gasteiger partial charge in [0, 0.05) is 12.6 Å². The first kappa shape index (κ1) is 12.6. The highest BCUT2D eigenvalue weighted by molar-refractivity contribution is 7.12. The van der Waals surface area contributed by atoms with E-state index in [9.17, 15) is 4.79 Å². The van der Waals surface area contributed by atoms with Crippen LogP contribution in [0.15, 0.2) is 11.4 Å². The number of carbonyl (C=O) groups is 1. The highest BCUT2D eigenvalue weighted by atomic mass is 32.1. The molecule has 1 aromatic rings. The maximum Gasteiger partial charge on any atom is 0.261 e. The van der Waals surface area contributed by atoms with E-state index >= 15 is 0 Å². The summed E-state index contributed by atoms with van der Waals surface area (Å²) in [4.78, 5) is 12.8. The van der Waals surface area contributed by atoms with Gasteiger partial charge in [-0.1, -0.05) is 6.92 Å². The van der Waals surface area contributed by atoms with E-state index in [1.807, 2.05) is 11.4 Å². The van der Waals surface area contributed by atoms with E-state index in [0.29, 0.717) is 6.04 Å². The monoisotopic (exact) mass is 252 g/mol. The molecule has 2 N–H and O–H groups in total. The van der Waals surface area contributed by atoms with Gasteiger partial charge in [-0.25, -0.2) is 0 Å². The van der Waals surface area contributed by atoms with Crippen molar-refractivity contribution in [3.05, 3.63) is 21.9 Å². The van der Waals surface area contributed by atoms with Crippen molar-refractivity contribution in [1.29, 1.82) is 0 Å². The van der Waals surface area contributed by atoms with Gasteiger partial charge in [-0.15, -0.1) is 11.3 Å². The minimum Gasteiger partial charge on any atom is -0.351 e. The zero-order chi connectivity index (χ0) is 12.1. The van der Waals surface area contributed by atoms with Crippen LogP contribution in [0, 0.1) is 0 Å². The van der Waals surface area contributed by atoms with Gasteiger partial charge in [0.15, 0.2) is 0 Å². The number of carbonyl (C=O) groups excluding carboxylic acids is 1. The first-order chi connectivity index (χ1) is 8.31. The lowest BCUT2D eigenvalue weighted by Gasteiger charge is -2.10. The Bertz CT molecular complexity index is 369. The molecule has 94 valence electrons. The van der Waals surface area contributed by atoms with Crippen molar-refractivity contribution < 1.29 is 4.79 Å². The van der Waals surface area contributed by atoms with Crippen LogP contribution >= 0.6 is 11.3 Å². The topological polar surface area (TPSA) is 41.1 Å². The Labute approximate surface area is 107 Å². The summed E-state index contributed by atoms with van der Waals surface area (Å²) in [6.07, 6.45) is 4.48. The molecular weight excluding hydrogens is 232 g/mol. The maximum absolute atomic E-state index is 11.9. The van der Waals surface area contributed by atoms with Gasteiger partial charge in [0.05, 0.1) is 4.88 Å². The highest BCUT2D eigenvalue weighted by Crippen LogP contribution is 2.17. The van der Waals surface area contributed by atoms with Gasteiger partial charge >= 0.3 is 0 Å². The molecule has 3 nitrogen and oxygen atoms in total. The minimum atomic E-state index is 0.0925. The van der Waals surface area contributed by atoms with Crippen LogP contribution in [-0.4, -0.2) is 25.0 Å². The van der Waals surface area contributed by atoms with Crippen molar-refractivity contribution in [2.45, 2.75) is 38.6 Å². The summed E-state index contributed by atoms with van der Waals surface area (Å²) in [5.41, 5.74) is 1.16. The van der Waals surface area contributed by atoms with E-state index in [4.69, 9.17) is 0 Å². The Morgan fingerprint density at radius 3 is 3.24 bits per heavy atom. The van der Waals surface area contributed by atoms with Crippen LogP contribution in [0.4, 0.5) is 0 Å². The summed E-state index contributed by atoms with van der Waals surface area (Å²) in [5, 5.41) is 8.45. The normalized spacial score (nSPS) is 19.5. The third-order valence-electron chi connectivity index (χ3n) is 3.27. The van der Waals surface area contributed by atoms with Gasteiger partial charge in [-0.2, -0.15) is 0 Å². The molecular formula is C13H20N2OS. The fourth-order valence-electron chi connectivity index (χ4n) is 2.26. The van der Waals surface area contributed by atoms with Crippen molar-refractivity contribution in [1.82, 2.24) is 10.6 Å².